The monoisotopic (exact) mass is 232 g/mol. The Balaban J connectivity index is 1.92. The normalized spacial score (nSPS) is 10.5. The van der Waals surface area contributed by atoms with Crippen LogP contribution in [0, 0.1) is 0 Å². The van der Waals surface area contributed by atoms with E-state index in [9.17, 15) is 0 Å². The van der Waals surface area contributed by atoms with Gasteiger partial charge in [-0.25, -0.2) is 0 Å². The Kier molecular flexibility index (Phi) is 3.77. The van der Waals surface area contributed by atoms with Crippen LogP contribution in [0.5, 0.6) is 5.75 Å². The lowest BCUT2D eigenvalue weighted by atomic mass is 10.1. The first kappa shape index (κ1) is 11.7. The molecule has 2 aromatic rings. The summed E-state index contributed by atoms with van der Waals surface area (Å²) in [6, 6.07) is 8.01. The molecule has 0 fully saturated rings. The first-order chi connectivity index (χ1) is 8.31. The minimum Gasteiger partial charge on any atom is -0.497 e. The van der Waals surface area contributed by atoms with Gasteiger partial charge in [0, 0.05) is 18.3 Å². The van der Waals surface area contributed by atoms with Crippen molar-refractivity contribution in [2.45, 2.75) is 19.6 Å². The number of aliphatic hydroxyl groups is 1. The van der Waals surface area contributed by atoms with Gasteiger partial charge < -0.3 is 9.84 Å². The fourth-order valence-corrected chi connectivity index (χ4v) is 1.65. The van der Waals surface area contributed by atoms with E-state index in [2.05, 4.69) is 17.2 Å². The SMILES string of the molecule is COc1ccc(CCn2cc(CO)cn2)cc1. The van der Waals surface area contributed by atoms with Crippen LogP contribution in [0.25, 0.3) is 0 Å². The van der Waals surface area contributed by atoms with Crippen LogP contribution in [0.3, 0.4) is 0 Å². The van der Waals surface area contributed by atoms with Crippen LogP contribution < -0.4 is 4.74 Å². The van der Waals surface area contributed by atoms with Crippen LogP contribution in [-0.4, -0.2) is 22.0 Å². The third-order valence-electron chi connectivity index (χ3n) is 2.66. The Morgan fingerprint density at radius 2 is 2.00 bits per heavy atom. The summed E-state index contributed by atoms with van der Waals surface area (Å²) < 4.78 is 6.95. The zero-order valence-electron chi connectivity index (χ0n) is 9.84. The lowest BCUT2D eigenvalue weighted by Crippen LogP contribution is -2.01. The Morgan fingerprint density at radius 1 is 1.24 bits per heavy atom. The van der Waals surface area contributed by atoms with Crippen molar-refractivity contribution in [1.29, 1.82) is 0 Å². The average molecular weight is 232 g/mol. The third-order valence-corrected chi connectivity index (χ3v) is 2.66. The molecule has 0 radical (unpaired) electrons. The van der Waals surface area contributed by atoms with E-state index in [1.165, 1.54) is 5.56 Å². The Bertz CT molecular complexity index is 463. The Morgan fingerprint density at radius 3 is 2.59 bits per heavy atom. The molecule has 2 rings (SSSR count). The summed E-state index contributed by atoms with van der Waals surface area (Å²) in [6.45, 7) is 0.856. The summed E-state index contributed by atoms with van der Waals surface area (Å²) in [4.78, 5) is 0. The van der Waals surface area contributed by atoms with Gasteiger partial charge in [-0.2, -0.15) is 5.10 Å². The molecule has 1 N–H and O–H groups in total. The molecule has 90 valence electrons. The number of rotatable bonds is 5. The highest BCUT2D eigenvalue weighted by Gasteiger charge is 1.98. The van der Waals surface area contributed by atoms with E-state index in [0.717, 1.165) is 24.3 Å². The second kappa shape index (κ2) is 5.50. The topological polar surface area (TPSA) is 47.3 Å². The maximum Gasteiger partial charge on any atom is 0.118 e. The highest BCUT2D eigenvalue weighted by atomic mass is 16.5. The Hall–Kier alpha value is -1.81. The van der Waals surface area contributed by atoms with Gasteiger partial charge in [0.05, 0.1) is 19.9 Å². The third kappa shape index (κ3) is 3.07. The molecule has 4 nitrogen and oxygen atoms in total. The van der Waals surface area contributed by atoms with Crippen LogP contribution in [-0.2, 0) is 19.6 Å². The quantitative estimate of drug-likeness (QED) is 0.852. The number of benzene rings is 1. The van der Waals surface area contributed by atoms with E-state index in [-0.39, 0.29) is 6.61 Å². The predicted octanol–water partition coefficient (Wildman–Crippen LogP) is 1.63. The molecule has 0 aliphatic rings. The number of methoxy groups -OCH3 is 1. The van der Waals surface area contributed by atoms with E-state index in [4.69, 9.17) is 9.84 Å². The van der Waals surface area contributed by atoms with Crippen molar-refractivity contribution in [2.24, 2.45) is 0 Å². The number of hydrogen-bond donors (Lipinski definition) is 1. The minimum atomic E-state index is 0.0442. The van der Waals surface area contributed by atoms with Gasteiger partial charge >= 0.3 is 0 Å². The standard InChI is InChI=1S/C13H16N2O2/c1-17-13-4-2-11(3-5-13)6-7-15-9-12(10-16)8-14-15/h2-5,8-9,16H,6-7,10H2,1H3. The minimum absolute atomic E-state index is 0.0442. The van der Waals surface area contributed by atoms with Gasteiger partial charge in [0.2, 0.25) is 0 Å². The maximum atomic E-state index is 8.93. The van der Waals surface area contributed by atoms with Gasteiger partial charge in [0.15, 0.2) is 0 Å². The van der Waals surface area contributed by atoms with E-state index < -0.39 is 0 Å². The fourth-order valence-electron chi connectivity index (χ4n) is 1.65. The lowest BCUT2D eigenvalue weighted by molar-refractivity contribution is 0.281. The number of hydrogen-bond acceptors (Lipinski definition) is 3. The zero-order chi connectivity index (χ0) is 12.1. The van der Waals surface area contributed by atoms with Gasteiger partial charge in [-0.1, -0.05) is 12.1 Å². The molecule has 0 atom stereocenters. The van der Waals surface area contributed by atoms with Gasteiger partial charge in [0.25, 0.3) is 0 Å². The lowest BCUT2D eigenvalue weighted by Gasteiger charge is -2.03. The van der Waals surface area contributed by atoms with E-state index in [1.54, 1.807) is 13.3 Å². The summed E-state index contributed by atoms with van der Waals surface area (Å²) >= 11 is 0. The molecule has 0 amide bonds. The van der Waals surface area contributed by atoms with Crippen LogP contribution in [0.1, 0.15) is 11.1 Å². The predicted molar refractivity (Wildman–Crippen MR) is 64.8 cm³/mol. The highest BCUT2D eigenvalue weighted by molar-refractivity contribution is 5.27. The molecule has 1 aromatic heterocycles. The second-order valence-electron chi connectivity index (χ2n) is 3.87. The zero-order valence-corrected chi connectivity index (χ0v) is 9.84. The molecular formula is C13H16N2O2. The van der Waals surface area contributed by atoms with Crippen LogP contribution in [0.4, 0.5) is 0 Å². The van der Waals surface area contributed by atoms with Gasteiger partial charge in [0.1, 0.15) is 5.75 Å². The summed E-state index contributed by atoms with van der Waals surface area (Å²) in [6.07, 6.45) is 4.47. The smallest absolute Gasteiger partial charge is 0.118 e. The summed E-state index contributed by atoms with van der Waals surface area (Å²) in [5, 5.41) is 13.1. The van der Waals surface area contributed by atoms with Crippen molar-refractivity contribution in [3.63, 3.8) is 0 Å². The van der Waals surface area contributed by atoms with Crippen molar-refractivity contribution in [2.75, 3.05) is 7.11 Å². The molecule has 0 saturated heterocycles. The van der Waals surface area contributed by atoms with Crippen molar-refractivity contribution in [3.05, 3.63) is 47.8 Å². The first-order valence-electron chi connectivity index (χ1n) is 5.57. The molecule has 0 aliphatic carbocycles. The van der Waals surface area contributed by atoms with Gasteiger partial charge in [-0.05, 0) is 24.1 Å². The Labute approximate surface area is 100 Å². The number of nitrogens with zero attached hydrogens (tertiary/aromatic N) is 2. The van der Waals surface area contributed by atoms with E-state index in [1.807, 2.05) is 23.0 Å². The summed E-state index contributed by atoms with van der Waals surface area (Å²) in [7, 11) is 1.66. The summed E-state index contributed by atoms with van der Waals surface area (Å²) in [5.41, 5.74) is 2.09. The number of aliphatic hydroxyl groups excluding tert-OH is 1. The molecule has 0 saturated carbocycles. The van der Waals surface area contributed by atoms with E-state index >= 15 is 0 Å². The van der Waals surface area contributed by atoms with Crippen LogP contribution >= 0.6 is 0 Å². The van der Waals surface area contributed by atoms with Crippen molar-refractivity contribution in [3.8, 4) is 5.75 Å². The fraction of sp³-hybridized carbons (Fsp3) is 0.308. The van der Waals surface area contributed by atoms with Gasteiger partial charge in [-0.3, -0.25) is 4.68 Å². The molecule has 4 heteroatoms. The largest absolute Gasteiger partial charge is 0.497 e. The van der Waals surface area contributed by atoms with E-state index in [0.29, 0.717) is 0 Å². The molecular weight excluding hydrogens is 216 g/mol. The van der Waals surface area contributed by atoms with Crippen LogP contribution in [0.15, 0.2) is 36.7 Å². The first-order valence-corrected chi connectivity index (χ1v) is 5.57. The molecule has 1 aromatic carbocycles. The number of aryl methyl sites for hydroxylation is 2. The molecule has 0 unspecified atom stereocenters. The summed E-state index contributed by atoms with van der Waals surface area (Å²) in [5.74, 6) is 0.871. The second-order valence-corrected chi connectivity index (χ2v) is 3.87. The molecule has 0 bridgehead atoms. The van der Waals surface area contributed by atoms with Crippen LogP contribution in [0.2, 0.25) is 0 Å². The van der Waals surface area contributed by atoms with Crippen molar-refractivity contribution < 1.29 is 9.84 Å². The van der Waals surface area contributed by atoms with Gasteiger partial charge in [-0.15, -0.1) is 0 Å². The number of aromatic nitrogens is 2. The molecule has 1 heterocycles. The number of ether oxygens (including phenoxy) is 1. The molecule has 17 heavy (non-hydrogen) atoms. The van der Waals surface area contributed by atoms with Crippen molar-refractivity contribution in [1.82, 2.24) is 9.78 Å². The maximum absolute atomic E-state index is 8.93. The average Bonchev–Trinajstić information content (AvgIpc) is 2.85. The molecule has 0 aliphatic heterocycles. The molecule has 0 spiro atoms. The highest BCUT2D eigenvalue weighted by Crippen LogP contribution is 2.12. The van der Waals surface area contributed by atoms with Crippen molar-refractivity contribution >= 4 is 0 Å².